The largest absolute Gasteiger partial charge is 0.267 e. The van der Waals surface area contributed by atoms with E-state index in [0.29, 0.717) is 18.0 Å². The highest BCUT2D eigenvalue weighted by molar-refractivity contribution is 7.89. The number of nitrogens with zero attached hydrogens (tertiary/aromatic N) is 3. The Morgan fingerprint density at radius 2 is 1.86 bits per heavy atom. The van der Waals surface area contributed by atoms with Crippen LogP contribution in [0.3, 0.4) is 0 Å². The van der Waals surface area contributed by atoms with E-state index in [1.165, 1.54) is 11.3 Å². The SMILES string of the molecule is CCc1ccc(S(=O)(=O)NCCn2nc(-c3ccccn3)c3c2CCCC3)cc1. The molecule has 1 aliphatic carbocycles. The Morgan fingerprint density at radius 1 is 1.07 bits per heavy atom. The van der Waals surface area contributed by atoms with Gasteiger partial charge in [0.2, 0.25) is 10.0 Å². The number of aryl methyl sites for hydroxylation is 1. The van der Waals surface area contributed by atoms with Gasteiger partial charge in [-0.15, -0.1) is 0 Å². The van der Waals surface area contributed by atoms with Gasteiger partial charge in [0, 0.05) is 24.0 Å². The number of benzene rings is 1. The number of hydrogen-bond acceptors (Lipinski definition) is 4. The molecule has 0 atom stereocenters. The second-order valence-corrected chi connectivity index (χ2v) is 9.08. The second-order valence-electron chi connectivity index (χ2n) is 7.31. The van der Waals surface area contributed by atoms with Crippen LogP contribution in [0.4, 0.5) is 0 Å². The van der Waals surface area contributed by atoms with Gasteiger partial charge >= 0.3 is 0 Å². The molecule has 0 fully saturated rings. The Morgan fingerprint density at radius 3 is 2.59 bits per heavy atom. The predicted octanol–water partition coefficient (Wildman–Crippen LogP) is 3.36. The fourth-order valence-electron chi connectivity index (χ4n) is 3.84. The van der Waals surface area contributed by atoms with Gasteiger partial charge in [0.25, 0.3) is 0 Å². The van der Waals surface area contributed by atoms with Crippen LogP contribution < -0.4 is 4.72 Å². The highest BCUT2D eigenvalue weighted by Crippen LogP contribution is 2.30. The summed E-state index contributed by atoms with van der Waals surface area (Å²) in [5, 5.41) is 4.80. The normalized spacial score (nSPS) is 14.0. The van der Waals surface area contributed by atoms with Crippen LogP contribution in [-0.2, 0) is 35.8 Å². The van der Waals surface area contributed by atoms with Gasteiger partial charge in [-0.05, 0) is 61.9 Å². The maximum atomic E-state index is 12.6. The highest BCUT2D eigenvalue weighted by Gasteiger charge is 2.22. The van der Waals surface area contributed by atoms with Crippen LogP contribution >= 0.6 is 0 Å². The van der Waals surface area contributed by atoms with Crippen molar-refractivity contribution >= 4 is 10.0 Å². The van der Waals surface area contributed by atoms with E-state index >= 15 is 0 Å². The monoisotopic (exact) mass is 410 g/mol. The summed E-state index contributed by atoms with van der Waals surface area (Å²) in [7, 11) is -3.53. The third-order valence-corrected chi connectivity index (χ3v) is 6.90. The van der Waals surface area contributed by atoms with Gasteiger partial charge in [0.15, 0.2) is 0 Å². The molecule has 7 heteroatoms. The van der Waals surface area contributed by atoms with E-state index in [1.54, 1.807) is 18.3 Å². The van der Waals surface area contributed by atoms with Crippen molar-refractivity contribution in [2.45, 2.75) is 50.5 Å². The Kier molecular flexibility index (Phi) is 5.78. The molecule has 2 aromatic heterocycles. The first-order valence-electron chi connectivity index (χ1n) is 10.2. The fourth-order valence-corrected chi connectivity index (χ4v) is 4.86. The van der Waals surface area contributed by atoms with E-state index in [2.05, 4.69) is 9.71 Å². The number of aromatic nitrogens is 3. The zero-order valence-electron chi connectivity index (χ0n) is 16.6. The summed E-state index contributed by atoms with van der Waals surface area (Å²) in [5.74, 6) is 0. The maximum Gasteiger partial charge on any atom is 0.240 e. The molecular formula is C22H26N4O2S. The quantitative estimate of drug-likeness (QED) is 0.648. The van der Waals surface area contributed by atoms with Crippen molar-refractivity contribution in [3.05, 3.63) is 65.5 Å². The average Bonchev–Trinajstić information content (AvgIpc) is 3.13. The van der Waals surface area contributed by atoms with Crippen LogP contribution in [0.2, 0.25) is 0 Å². The van der Waals surface area contributed by atoms with Crippen molar-refractivity contribution in [3.8, 4) is 11.4 Å². The number of hydrogen-bond donors (Lipinski definition) is 1. The van der Waals surface area contributed by atoms with Crippen LogP contribution in [0.1, 0.15) is 36.6 Å². The molecule has 0 aliphatic heterocycles. The summed E-state index contributed by atoms with van der Waals surface area (Å²) < 4.78 is 29.8. The fraction of sp³-hybridized carbons (Fsp3) is 0.364. The van der Waals surface area contributed by atoms with Gasteiger partial charge in [-0.25, -0.2) is 13.1 Å². The molecule has 0 saturated heterocycles. The summed E-state index contributed by atoms with van der Waals surface area (Å²) >= 11 is 0. The molecule has 0 bridgehead atoms. The van der Waals surface area contributed by atoms with E-state index < -0.39 is 10.0 Å². The lowest BCUT2D eigenvalue weighted by atomic mass is 9.95. The van der Waals surface area contributed by atoms with E-state index in [9.17, 15) is 8.42 Å². The first-order valence-corrected chi connectivity index (χ1v) is 11.7. The summed E-state index contributed by atoms with van der Waals surface area (Å²) in [6.07, 6.45) is 6.92. The minimum atomic E-state index is -3.53. The lowest BCUT2D eigenvalue weighted by Crippen LogP contribution is -2.28. The first kappa shape index (κ1) is 19.8. The Labute approximate surface area is 172 Å². The summed E-state index contributed by atoms with van der Waals surface area (Å²) in [5.41, 5.74) is 5.39. The van der Waals surface area contributed by atoms with Gasteiger partial charge in [-0.3, -0.25) is 9.67 Å². The predicted molar refractivity (Wildman–Crippen MR) is 113 cm³/mol. The highest BCUT2D eigenvalue weighted by atomic mass is 32.2. The van der Waals surface area contributed by atoms with Gasteiger partial charge in [-0.2, -0.15) is 5.10 Å². The van der Waals surface area contributed by atoms with Gasteiger partial charge < -0.3 is 0 Å². The van der Waals surface area contributed by atoms with E-state index in [0.717, 1.165) is 49.1 Å². The van der Waals surface area contributed by atoms with Crippen molar-refractivity contribution < 1.29 is 8.42 Å². The van der Waals surface area contributed by atoms with Crippen molar-refractivity contribution in [2.24, 2.45) is 0 Å². The topological polar surface area (TPSA) is 76.9 Å². The number of fused-ring (bicyclic) bond motifs is 1. The molecule has 0 radical (unpaired) electrons. The standard InChI is InChI=1S/C22H26N4O2S/c1-2-17-10-12-18(13-11-17)29(27,28)24-15-16-26-21-9-4-3-7-19(21)22(25-26)20-8-5-6-14-23-20/h5-6,8,10-14,24H,2-4,7,9,15-16H2,1H3. The molecule has 3 aromatic rings. The number of nitrogens with one attached hydrogen (secondary N) is 1. The second kappa shape index (κ2) is 8.47. The molecule has 0 saturated carbocycles. The molecular weight excluding hydrogens is 384 g/mol. The molecule has 0 amide bonds. The summed E-state index contributed by atoms with van der Waals surface area (Å²) in [4.78, 5) is 4.75. The van der Waals surface area contributed by atoms with Gasteiger partial charge in [0.1, 0.15) is 5.69 Å². The van der Waals surface area contributed by atoms with Gasteiger partial charge in [-0.1, -0.05) is 25.1 Å². The molecule has 0 unspecified atom stereocenters. The molecule has 4 rings (SSSR count). The average molecular weight is 411 g/mol. The number of sulfonamides is 1. The van der Waals surface area contributed by atoms with Crippen molar-refractivity contribution in [1.29, 1.82) is 0 Å². The van der Waals surface area contributed by atoms with E-state index in [-0.39, 0.29) is 0 Å². The third-order valence-electron chi connectivity index (χ3n) is 5.42. The van der Waals surface area contributed by atoms with Crippen molar-refractivity contribution in [1.82, 2.24) is 19.5 Å². The van der Waals surface area contributed by atoms with Crippen molar-refractivity contribution in [2.75, 3.05) is 6.54 Å². The van der Waals surface area contributed by atoms with Crippen LogP contribution in [0, 0.1) is 0 Å². The third kappa shape index (κ3) is 4.26. The zero-order valence-corrected chi connectivity index (χ0v) is 17.5. The molecule has 1 N–H and O–H groups in total. The first-order chi connectivity index (χ1) is 14.1. The van der Waals surface area contributed by atoms with Crippen LogP contribution in [-0.4, -0.2) is 29.7 Å². The Balaban J connectivity index is 1.50. The molecule has 2 heterocycles. The molecule has 1 aromatic carbocycles. The number of pyridine rings is 1. The van der Waals surface area contributed by atoms with Crippen molar-refractivity contribution in [3.63, 3.8) is 0 Å². The maximum absolute atomic E-state index is 12.6. The van der Waals surface area contributed by atoms with E-state index in [4.69, 9.17) is 5.10 Å². The zero-order chi connectivity index (χ0) is 20.3. The van der Waals surface area contributed by atoms with Crippen LogP contribution in [0.5, 0.6) is 0 Å². The molecule has 29 heavy (non-hydrogen) atoms. The number of rotatable bonds is 7. The smallest absolute Gasteiger partial charge is 0.240 e. The molecule has 6 nitrogen and oxygen atoms in total. The molecule has 1 aliphatic rings. The van der Waals surface area contributed by atoms with E-state index in [1.807, 2.05) is 41.9 Å². The van der Waals surface area contributed by atoms with Crippen LogP contribution in [0.15, 0.2) is 53.6 Å². The lowest BCUT2D eigenvalue weighted by Gasteiger charge is -2.14. The molecule has 152 valence electrons. The lowest BCUT2D eigenvalue weighted by molar-refractivity contribution is 0.538. The van der Waals surface area contributed by atoms with Gasteiger partial charge in [0.05, 0.1) is 17.1 Å². The summed E-state index contributed by atoms with van der Waals surface area (Å²) in [6, 6.07) is 12.9. The minimum Gasteiger partial charge on any atom is -0.267 e. The molecule has 0 spiro atoms. The Bertz CT molecular complexity index is 1070. The summed E-state index contributed by atoms with van der Waals surface area (Å²) in [6.45, 7) is 2.85. The Hall–Kier alpha value is -2.51. The van der Waals surface area contributed by atoms with Crippen LogP contribution in [0.25, 0.3) is 11.4 Å². The minimum absolute atomic E-state index is 0.298.